The molecule has 0 spiro atoms. The molecule has 3 aromatic carbocycles. The molecule has 3 rings (SSSR count). The Balaban J connectivity index is 1.84. The van der Waals surface area contributed by atoms with E-state index in [1.54, 1.807) is 54.6 Å². The highest BCUT2D eigenvalue weighted by atomic mass is 19.2. The van der Waals surface area contributed by atoms with E-state index < -0.39 is 34.6 Å². The lowest BCUT2D eigenvalue weighted by Gasteiger charge is -2.11. The first-order chi connectivity index (χ1) is 13.1. The smallest absolute Gasteiger partial charge is 0.205 e. The fraction of sp³-hybridized carbons (Fsp3) is 0.0909. The lowest BCUT2D eigenvalue weighted by Crippen LogP contribution is -2.09. The Labute approximate surface area is 154 Å². The van der Waals surface area contributed by atoms with Gasteiger partial charge in [0.1, 0.15) is 5.56 Å². The Kier molecular flexibility index (Phi) is 5.77. The first-order valence-electron chi connectivity index (χ1n) is 8.17. The van der Waals surface area contributed by atoms with E-state index in [-0.39, 0.29) is 6.61 Å². The second kappa shape index (κ2) is 8.41. The van der Waals surface area contributed by atoms with Crippen LogP contribution in [0.3, 0.4) is 0 Å². The topological polar surface area (TPSA) is 9.23 Å². The Hall–Kier alpha value is -3.26. The molecule has 5 heteroatoms. The highest BCUT2D eigenvalue weighted by Gasteiger charge is 2.25. The van der Waals surface area contributed by atoms with E-state index in [0.29, 0.717) is 12.0 Å². The van der Waals surface area contributed by atoms with Gasteiger partial charge in [0.2, 0.25) is 11.6 Å². The van der Waals surface area contributed by atoms with E-state index in [1.807, 2.05) is 6.07 Å². The monoisotopic (exact) mass is 370 g/mol. The summed E-state index contributed by atoms with van der Waals surface area (Å²) in [7, 11) is 0. The minimum atomic E-state index is -1.60. The van der Waals surface area contributed by atoms with Crippen molar-refractivity contribution in [2.45, 2.75) is 6.42 Å². The van der Waals surface area contributed by atoms with Gasteiger partial charge in [0.15, 0.2) is 17.4 Å². The van der Waals surface area contributed by atoms with Crippen LogP contribution in [0.2, 0.25) is 0 Å². The predicted octanol–water partition coefficient (Wildman–Crippen LogP) is 5.26. The molecule has 0 bridgehead atoms. The highest BCUT2D eigenvalue weighted by molar-refractivity contribution is 5.47. The second-order valence-electron chi connectivity index (χ2n) is 5.66. The van der Waals surface area contributed by atoms with Crippen LogP contribution in [0.1, 0.15) is 16.7 Å². The molecular formula is C22H14F4O. The van der Waals surface area contributed by atoms with Crippen molar-refractivity contribution in [1.29, 1.82) is 0 Å². The van der Waals surface area contributed by atoms with Gasteiger partial charge >= 0.3 is 0 Å². The summed E-state index contributed by atoms with van der Waals surface area (Å²) in [6.45, 7) is -0.133. The van der Waals surface area contributed by atoms with E-state index >= 15 is 0 Å². The quantitative estimate of drug-likeness (QED) is 0.346. The molecule has 0 heterocycles. The molecule has 0 aliphatic carbocycles. The van der Waals surface area contributed by atoms with Crippen molar-refractivity contribution in [3.63, 3.8) is 0 Å². The number of benzene rings is 3. The van der Waals surface area contributed by atoms with Crippen LogP contribution in [0.25, 0.3) is 0 Å². The van der Waals surface area contributed by atoms with Gasteiger partial charge in [-0.15, -0.1) is 0 Å². The third-order valence-electron chi connectivity index (χ3n) is 3.81. The standard InChI is InChI=1S/C22H14F4O/c23-18-17(12-11-15-7-3-1-4-8-15)19(24)21(26)22(20(18)25)27-14-13-16-9-5-2-6-10-16/h1-10H,13-14H2. The van der Waals surface area contributed by atoms with E-state index in [2.05, 4.69) is 11.8 Å². The fourth-order valence-electron chi connectivity index (χ4n) is 2.42. The van der Waals surface area contributed by atoms with Gasteiger partial charge in [-0.05, 0) is 17.7 Å². The van der Waals surface area contributed by atoms with Crippen LogP contribution >= 0.6 is 0 Å². The van der Waals surface area contributed by atoms with Gasteiger partial charge in [-0.1, -0.05) is 60.4 Å². The number of rotatable bonds is 4. The summed E-state index contributed by atoms with van der Waals surface area (Å²) in [5.74, 6) is -2.80. The van der Waals surface area contributed by atoms with Gasteiger partial charge in [-0.25, -0.2) is 8.78 Å². The van der Waals surface area contributed by atoms with Crippen molar-refractivity contribution in [3.05, 3.63) is 101 Å². The second-order valence-corrected chi connectivity index (χ2v) is 5.66. The van der Waals surface area contributed by atoms with Gasteiger partial charge in [0, 0.05) is 12.0 Å². The van der Waals surface area contributed by atoms with Crippen molar-refractivity contribution in [3.8, 4) is 17.6 Å². The van der Waals surface area contributed by atoms with Crippen LogP contribution < -0.4 is 4.74 Å². The zero-order chi connectivity index (χ0) is 19.2. The van der Waals surface area contributed by atoms with Crippen LogP contribution in [0, 0.1) is 35.1 Å². The molecule has 0 aliphatic heterocycles. The highest BCUT2D eigenvalue weighted by Crippen LogP contribution is 2.29. The van der Waals surface area contributed by atoms with Crippen LogP contribution in [-0.2, 0) is 6.42 Å². The first-order valence-corrected chi connectivity index (χ1v) is 8.17. The average molecular weight is 370 g/mol. The molecule has 0 unspecified atom stereocenters. The molecule has 0 atom stereocenters. The molecule has 0 aliphatic rings. The normalized spacial score (nSPS) is 10.2. The summed E-state index contributed by atoms with van der Waals surface area (Å²) in [5, 5.41) is 0. The molecule has 27 heavy (non-hydrogen) atoms. The lowest BCUT2D eigenvalue weighted by atomic mass is 10.1. The van der Waals surface area contributed by atoms with Gasteiger partial charge in [0.25, 0.3) is 0 Å². The molecule has 0 aromatic heterocycles. The fourth-order valence-corrected chi connectivity index (χ4v) is 2.42. The molecular weight excluding hydrogens is 356 g/mol. The first kappa shape index (κ1) is 18.5. The van der Waals surface area contributed by atoms with Crippen LogP contribution in [0.5, 0.6) is 5.75 Å². The van der Waals surface area contributed by atoms with Crippen molar-refractivity contribution in [2.24, 2.45) is 0 Å². The average Bonchev–Trinajstić information content (AvgIpc) is 2.70. The van der Waals surface area contributed by atoms with E-state index in [4.69, 9.17) is 4.74 Å². The summed E-state index contributed by atoms with van der Waals surface area (Å²) < 4.78 is 61.7. The molecule has 1 nitrogen and oxygen atoms in total. The van der Waals surface area contributed by atoms with E-state index in [1.165, 1.54) is 0 Å². The summed E-state index contributed by atoms with van der Waals surface area (Å²) in [6.07, 6.45) is 0.332. The number of halogens is 4. The summed E-state index contributed by atoms with van der Waals surface area (Å²) in [4.78, 5) is 0. The Morgan fingerprint density at radius 1 is 0.667 bits per heavy atom. The molecule has 0 N–H and O–H groups in total. The van der Waals surface area contributed by atoms with Crippen molar-refractivity contribution in [1.82, 2.24) is 0 Å². The summed E-state index contributed by atoms with van der Waals surface area (Å²) in [6, 6.07) is 17.4. The van der Waals surface area contributed by atoms with Crippen molar-refractivity contribution < 1.29 is 22.3 Å². The summed E-state index contributed by atoms with van der Waals surface area (Å²) >= 11 is 0. The Morgan fingerprint density at radius 3 is 1.81 bits per heavy atom. The SMILES string of the molecule is Fc1c(F)c(OCCc2ccccc2)c(F)c(F)c1C#Cc1ccccc1. The van der Waals surface area contributed by atoms with Gasteiger partial charge in [0.05, 0.1) is 6.61 Å². The Morgan fingerprint density at radius 2 is 1.22 bits per heavy atom. The third kappa shape index (κ3) is 4.29. The number of hydrogen-bond acceptors (Lipinski definition) is 1. The molecule has 0 fully saturated rings. The van der Waals surface area contributed by atoms with Crippen LogP contribution in [0.15, 0.2) is 60.7 Å². The maximum atomic E-state index is 14.2. The zero-order valence-corrected chi connectivity index (χ0v) is 14.1. The van der Waals surface area contributed by atoms with Crippen LogP contribution in [-0.4, -0.2) is 6.61 Å². The predicted molar refractivity (Wildman–Crippen MR) is 94.3 cm³/mol. The van der Waals surface area contributed by atoms with E-state index in [0.717, 1.165) is 5.56 Å². The van der Waals surface area contributed by atoms with Crippen molar-refractivity contribution >= 4 is 0 Å². The zero-order valence-electron chi connectivity index (χ0n) is 14.1. The van der Waals surface area contributed by atoms with Gasteiger partial charge < -0.3 is 4.74 Å². The molecule has 136 valence electrons. The third-order valence-corrected chi connectivity index (χ3v) is 3.81. The maximum Gasteiger partial charge on any atom is 0.205 e. The molecule has 0 amide bonds. The Bertz CT molecular complexity index is 961. The lowest BCUT2D eigenvalue weighted by molar-refractivity contribution is 0.274. The minimum absolute atomic E-state index is 0.133. The summed E-state index contributed by atoms with van der Waals surface area (Å²) in [5.41, 5.74) is 0.356. The molecule has 0 saturated heterocycles. The van der Waals surface area contributed by atoms with Crippen molar-refractivity contribution in [2.75, 3.05) is 6.61 Å². The number of hydrogen-bond donors (Lipinski definition) is 0. The molecule has 3 aromatic rings. The van der Waals surface area contributed by atoms with Gasteiger partial charge in [-0.2, -0.15) is 8.78 Å². The van der Waals surface area contributed by atoms with Gasteiger partial charge in [-0.3, -0.25) is 0 Å². The minimum Gasteiger partial charge on any atom is -0.487 e. The van der Waals surface area contributed by atoms with E-state index in [9.17, 15) is 17.6 Å². The van der Waals surface area contributed by atoms with Crippen LogP contribution in [0.4, 0.5) is 17.6 Å². The molecule has 0 radical (unpaired) electrons. The number of ether oxygens (including phenoxy) is 1. The maximum absolute atomic E-state index is 14.2. The largest absolute Gasteiger partial charge is 0.487 e. The molecule has 0 saturated carbocycles.